The lowest BCUT2D eigenvalue weighted by atomic mass is 10.0. The highest BCUT2D eigenvalue weighted by Gasteiger charge is 2.16. The van der Waals surface area contributed by atoms with Gasteiger partial charge in [-0.05, 0) is 38.5 Å². The van der Waals surface area contributed by atoms with Gasteiger partial charge < -0.3 is 14.6 Å². The van der Waals surface area contributed by atoms with E-state index in [1.54, 1.807) is 0 Å². The van der Waals surface area contributed by atoms with Gasteiger partial charge in [0.05, 0.1) is 6.61 Å². The van der Waals surface area contributed by atoms with Gasteiger partial charge in [-0.15, -0.1) is 0 Å². The van der Waals surface area contributed by atoms with E-state index in [2.05, 4.69) is 26.0 Å². The maximum Gasteiger partial charge on any atom is 0.306 e. The largest absolute Gasteiger partial charge is 0.462 e. The summed E-state index contributed by atoms with van der Waals surface area (Å²) in [5.74, 6) is -0.557. The average molecular weight is 1230 g/mol. The number of hydrogen-bond acceptors (Lipinski definition) is 5. The number of allylic oxidation sites excluding steroid dienone is 2. The monoisotopic (exact) mass is 1230 g/mol. The average Bonchev–Trinajstić information content (AvgIpc) is 3.52. The minimum Gasteiger partial charge on any atom is -0.462 e. The van der Waals surface area contributed by atoms with E-state index in [-0.39, 0.29) is 25.2 Å². The van der Waals surface area contributed by atoms with Crippen molar-refractivity contribution >= 4 is 11.9 Å². The second-order valence-corrected chi connectivity index (χ2v) is 28.2. The minimum atomic E-state index is -0.768. The van der Waals surface area contributed by atoms with Crippen LogP contribution in [-0.2, 0) is 19.1 Å². The number of unbranched alkanes of at least 4 members (excludes halogenated alkanes) is 68. The first-order chi connectivity index (χ1) is 43.1. The maximum absolute atomic E-state index is 12.4. The zero-order valence-corrected chi connectivity index (χ0v) is 59.8. The van der Waals surface area contributed by atoms with Crippen LogP contribution in [-0.4, -0.2) is 36.4 Å². The third-order valence-corrected chi connectivity index (χ3v) is 19.3. The molecule has 0 fully saturated rings. The quantitative estimate of drug-likeness (QED) is 0.0373. The van der Waals surface area contributed by atoms with Crippen molar-refractivity contribution in [3.63, 3.8) is 0 Å². The lowest BCUT2D eigenvalue weighted by Crippen LogP contribution is -2.28. The summed E-state index contributed by atoms with van der Waals surface area (Å²) in [6.45, 7) is 4.23. The Morgan fingerprint density at radius 2 is 0.425 bits per heavy atom. The van der Waals surface area contributed by atoms with Crippen LogP contribution in [0.1, 0.15) is 483 Å². The van der Waals surface area contributed by atoms with Crippen LogP contribution in [0.15, 0.2) is 12.2 Å². The zero-order chi connectivity index (χ0) is 62.6. The summed E-state index contributed by atoms with van der Waals surface area (Å²) in [5.41, 5.74) is 0. The van der Waals surface area contributed by atoms with Crippen LogP contribution >= 0.6 is 0 Å². The van der Waals surface area contributed by atoms with Crippen molar-refractivity contribution in [3.8, 4) is 0 Å². The van der Waals surface area contributed by atoms with Crippen molar-refractivity contribution in [1.82, 2.24) is 0 Å². The number of hydrogen-bond donors (Lipinski definition) is 1. The number of esters is 2. The highest BCUT2D eigenvalue weighted by Crippen LogP contribution is 2.21. The second-order valence-electron chi connectivity index (χ2n) is 28.2. The standard InChI is InChI=1S/C82H160O5/c1-3-5-7-9-11-13-15-17-19-21-23-25-27-29-31-33-35-37-39-41-43-45-47-49-51-53-55-57-59-61-63-65-67-69-71-73-75-77-82(85)87-80(78-83)79-86-81(84)76-74-72-70-68-66-64-62-60-58-56-54-52-50-48-46-44-42-40-38-36-34-32-30-28-26-24-22-20-18-16-14-12-10-8-6-4-2/h21,23,80,83H,3-20,22,24-79H2,1-2H3/b23-21-. The Hall–Kier alpha value is -1.36. The highest BCUT2D eigenvalue weighted by atomic mass is 16.6. The molecule has 1 atom stereocenters. The van der Waals surface area contributed by atoms with E-state index >= 15 is 0 Å². The van der Waals surface area contributed by atoms with Crippen molar-refractivity contribution in [2.75, 3.05) is 13.2 Å². The molecule has 1 unspecified atom stereocenters. The van der Waals surface area contributed by atoms with Crippen molar-refractivity contribution in [1.29, 1.82) is 0 Å². The first kappa shape index (κ1) is 85.6. The van der Waals surface area contributed by atoms with Crippen LogP contribution in [0.2, 0.25) is 0 Å². The Bertz CT molecular complexity index is 1300. The molecule has 1 N–H and O–H groups in total. The molecule has 87 heavy (non-hydrogen) atoms. The molecule has 0 aliphatic carbocycles. The van der Waals surface area contributed by atoms with E-state index < -0.39 is 6.10 Å². The van der Waals surface area contributed by atoms with E-state index in [1.807, 2.05) is 0 Å². The van der Waals surface area contributed by atoms with Gasteiger partial charge in [0, 0.05) is 12.8 Å². The van der Waals surface area contributed by atoms with Gasteiger partial charge in [0.25, 0.3) is 0 Å². The summed E-state index contributed by atoms with van der Waals surface area (Å²) in [5, 5.41) is 9.73. The molecular weight excluding hydrogens is 1060 g/mol. The molecule has 0 amide bonds. The van der Waals surface area contributed by atoms with E-state index in [1.165, 1.54) is 424 Å². The molecule has 0 radical (unpaired) electrons. The van der Waals surface area contributed by atoms with Crippen LogP contribution in [0, 0.1) is 0 Å². The van der Waals surface area contributed by atoms with Gasteiger partial charge in [0.15, 0.2) is 6.10 Å². The fourth-order valence-corrected chi connectivity index (χ4v) is 13.2. The van der Waals surface area contributed by atoms with Gasteiger partial charge in [-0.2, -0.15) is 0 Å². The van der Waals surface area contributed by atoms with Crippen LogP contribution in [0.3, 0.4) is 0 Å². The molecule has 0 aromatic heterocycles. The molecule has 0 bridgehead atoms. The Kier molecular flexibility index (Phi) is 77.6. The van der Waals surface area contributed by atoms with E-state index in [4.69, 9.17) is 9.47 Å². The lowest BCUT2D eigenvalue weighted by Gasteiger charge is -2.15. The first-order valence-corrected chi connectivity index (χ1v) is 40.7. The summed E-state index contributed by atoms with van der Waals surface area (Å²) in [7, 11) is 0. The van der Waals surface area contributed by atoms with Crippen LogP contribution in [0.4, 0.5) is 0 Å². The summed E-state index contributed by atoms with van der Waals surface area (Å²) >= 11 is 0. The maximum atomic E-state index is 12.4. The zero-order valence-electron chi connectivity index (χ0n) is 59.8. The molecule has 5 heteroatoms. The molecule has 5 nitrogen and oxygen atoms in total. The fourth-order valence-electron chi connectivity index (χ4n) is 13.2. The predicted octanol–water partition coefficient (Wildman–Crippen LogP) is 28.5. The Labute approximate surface area is 547 Å². The van der Waals surface area contributed by atoms with Gasteiger partial charge >= 0.3 is 11.9 Å². The molecule has 0 aromatic carbocycles. The normalized spacial score (nSPS) is 12.1. The van der Waals surface area contributed by atoms with Gasteiger partial charge in [-0.3, -0.25) is 9.59 Å². The van der Waals surface area contributed by atoms with Gasteiger partial charge in [-0.25, -0.2) is 0 Å². The van der Waals surface area contributed by atoms with Crippen molar-refractivity contribution in [2.24, 2.45) is 0 Å². The van der Waals surface area contributed by atoms with Gasteiger partial charge in [0.1, 0.15) is 6.61 Å². The Balaban J connectivity index is 3.33. The number of carbonyl (C=O) groups is 2. The molecule has 0 aliphatic heterocycles. The third kappa shape index (κ3) is 77.0. The topological polar surface area (TPSA) is 72.8 Å². The smallest absolute Gasteiger partial charge is 0.306 e. The highest BCUT2D eigenvalue weighted by molar-refractivity contribution is 5.70. The molecule has 0 aliphatic rings. The number of rotatable bonds is 78. The Morgan fingerprint density at radius 1 is 0.253 bits per heavy atom. The number of aliphatic hydroxyl groups excluding tert-OH is 1. The van der Waals surface area contributed by atoms with E-state index in [9.17, 15) is 14.7 Å². The third-order valence-electron chi connectivity index (χ3n) is 19.3. The first-order valence-electron chi connectivity index (χ1n) is 40.7. The number of carbonyl (C=O) groups excluding carboxylic acids is 2. The van der Waals surface area contributed by atoms with Crippen molar-refractivity contribution in [3.05, 3.63) is 12.2 Å². The molecule has 0 rings (SSSR count). The van der Waals surface area contributed by atoms with Crippen molar-refractivity contribution < 1.29 is 24.2 Å². The van der Waals surface area contributed by atoms with E-state index in [0.29, 0.717) is 12.8 Å². The summed E-state index contributed by atoms with van der Waals surface area (Å²) in [4.78, 5) is 24.7. The molecule has 0 heterocycles. The molecule has 0 saturated carbocycles. The number of ether oxygens (including phenoxy) is 2. The summed E-state index contributed by atoms with van der Waals surface area (Å²) in [6, 6.07) is 0. The van der Waals surface area contributed by atoms with Crippen LogP contribution in [0.25, 0.3) is 0 Å². The number of aliphatic hydroxyl groups is 1. The predicted molar refractivity (Wildman–Crippen MR) is 385 cm³/mol. The molecule has 0 saturated heterocycles. The van der Waals surface area contributed by atoms with E-state index in [0.717, 1.165) is 32.1 Å². The second kappa shape index (κ2) is 78.9. The molecular formula is C82H160O5. The van der Waals surface area contributed by atoms with Gasteiger partial charge in [-0.1, -0.05) is 443 Å². The fraction of sp³-hybridized carbons (Fsp3) is 0.951. The SMILES string of the molecule is CCCCCCCCCC/C=C\CCCCCCCCCCCCCCCCCCCCCCCCCCCC(=O)OC(CO)COC(=O)CCCCCCCCCCCCCCCCCCCCCCCCCCCCCCCCCCCCCC. The molecule has 0 aromatic rings. The lowest BCUT2D eigenvalue weighted by molar-refractivity contribution is -0.161. The molecule has 518 valence electrons. The Morgan fingerprint density at radius 3 is 0.621 bits per heavy atom. The van der Waals surface area contributed by atoms with Crippen molar-refractivity contribution in [2.45, 2.75) is 489 Å². The van der Waals surface area contributed by atoms with Crippen LogP contribution < -0.4 is 0 Å². The minimum absolute atomic E-state index is 0.0560. The summed E-state index contributed by atoms with van der Waals surface area (Å²) in [6.07, 6.45) is 103. The molecule has 0 spiro atoms. The van der Waals surface area contributed by atoms with Crippen LogP contribution in [0.5, 0.6) is 0 Å². The summed E-state index contributed by atoms with van der Waals surface area (Å²) < 4.78 is 10.8. The van der Waals surface area contributed by atoms with Gasteiger partial charge in [0.2, 0.25) is 0 Å².